The van der Waals surface area contributed by atoms with Crippen LogP contribution in [0.2, 0.25) is 0 Å². The van der Waals surface area contributed by atoms with Gasteiger partial charge in [0.05, 0.1) is 6.20 Å². The van der Waals surface area contributed by atoms with Gasteiger partial charge in [0.15, 0.2) is 10.9 Å². The summed E-state index contributed by atoms with van der Waals surface area (Å²) in [5.74, 6) is 0.951. The van der Waals surface area contributed by atoms with Crippen LogP contribution in [0.25, 0.3) is 10.8 Å². The molecule has 5 nitrogen and oxygen atoms in total. The van der Waals surface area contributed by atoms with Crippen LogP contribution in [0.1, 0.15) is 12.8 Å². The van der Waals surface area contributed by atoms with E-state index in [1.165, 1.54) is 0 Å². The summed E-state index contributed by atoms with van der Waals surface area (Å²) in [6, 6.07) is 14.5. The monoisotopic (exact) mass is 519 g/mol. The van der Waals surface area contributed by atoms with Crippen molar-refractivity contribution in [3.63, 3.8) is 0 Å². The van der Waals surface area contributed by atoms with Gasteiger partial charge in [0.25, 0.3) is 0 Å². The van der Waals surface area contributed by atoms with Gasteiger partial charge in [-0.3, -0.25) is 0 Å². The van der Waals surface area contributed by atoms with Gasteiger partial charge in [0.2, 0.25) is 0 Å². The molecule has 0 unspecified atom stereocenters. The van der Waals surface area contributed by atoms with Gasteiger partial charge in [0, 0.05) is 44.5 Å². The third-order valence-electron chi connectivity index (χ3n) is 4.82. The standard InChI is InChI=1S/C20H19Br2N5S/c21-14-2-1-3-17(10-14)25-20(28)24-16-6-8-27(9-7-16)19-18-11-15(22)5-4-13(18)12-23-26-19/h1-5,10-12,16H,6-9H2,(H2,24,25,28). The Morgan fingerprint density at radius 3 is 2.64 bits per heavy atom. The van der Waals surface area contributed by atoms with Crippen LogP contribution in [0.5, 0.6) is 0 Å². The first-order valence-corrected chi connectivity index (χ1v) is 11.1. The van der Waals surface area contributed by atoms with Gasteiger partial charge < -0.3 is 15.5 Å². The first-order chi connectivity index (χ1) is 13.6. The molecule has 0 bridgehead atoms. The lowest BCUT2D eigenvalue weighted by Crippen LogP contribution is -2.46. The predicted molar refractivity (Wildman–Crippen MR) is 126 cm³/mol. The molecule has 1 saturated heterocycles. The molecule has 8 heteroatoms. The van der Waals surface area contributed by atoms with E-state index in [1.807, 2.05) is 36.5 Å². The molecule has 1 aliphatic heterocycles. The maximum absolute atomic E-state index is 5.48. The zero-order valence-electron chi connectivity index (χ0n) is 15.0. The molecule has 2 aromatic carbocycles. The number of anilines is 2. The fourth-order valence-corrected chi connectivity index (χ4v) is 4.47. The fourth-order valence-electron chi connectivity index (χ4n) is 3.42. The Labute approximate surface area is 186 Å². The highest BCUT2D eigenvalue weighted by Crippen LogP contribution is 2.28. The van der Waals surface area contributed by atoms with E-state index in [2.05, 4.69) is 69.7 Å². The van der Waals surface area contributed by atoms with Crippen LogP contribution in [-0.2, 0) is 0 Å². The zero-order chi connectivity index (χ0) is 19.5. The predicted octanol–water partition coefficient (Wildman–Crippen LogP) is 5.11. The van der Waals surface area contributed by atoms with Crippen LogP contribution in [0, 0.1) is 0 Å². The van der Waals surface area contributed by atoms with Crippen LogP contribution >= 0.6 is 44.1 Å². The molecule has 1 aromatic heterocycles. The Morgan fingerprint density at radius 1 is 1.07 bits per heavy atom. The van der Waals surface area contributed by atoms with E-state index >= 15 is 0 Å². The Balaban J connectivity index is 1.37. The summed E-state index contributed by atoms with van der Waals surface area (Å²) in [6.07, 6.45) is 3.80. The van der Waals surface area contributed by atoms with E-state index in [1.54, 1.807) is 0 Å². The van der Waals surface area contributed by atoms with Crippen LogP contribution in [0.3, 0.4) is 0 Å². The van der Waals surface area contributed by atoms with Gasteiger partial charge in [-0.1, -0.05) is 44.0 Å². The minimum atomic E-state index is 0.345. The SMILES string of the molecule is S=C(Nc1cccc(Br)c1)NC1CCN(c2nncc3ccc(Br)cc23)CC1. The van der Waals surface area contributed by atoms with Crippen molar-refractivity contribution in [2.75, 3.05) is 23.3 Å². The fraction of sp³-hybridized carbons (Fsp3) is 0.250. The number of benzene rings is 2. The molecule has 1 fully saturated rings. The van der Waals surface area contributed by atoms with Crippen molar-refractivity contribution in [2.24, 2.45) is 0 Å². The minimum absolute atomic E-state index is 0.345. The maximum Gasteiger partial charge on any atom is 0.170 e. The van der Waals surface area contributed by atoms with Crippen LogP contribution in [-0.4, -0.2) is 34.4 Å². The highest BCUT2D eigenvalue weighted by Gasteiger charge is 2.22. The summed E-state index contributed by atoms with van der Waals surface area (Å²) in [5, 5.41) is 18.2. The van der Waals surface area contributed by atoms with Gasteiger partial charge in [-0.15, -0.1) is 5.10 Å². The summed E-state index contributed by atoms with van der Waals surface area (Å²) >= 11 is 12.5. The average Bonchev–Trinajstić information content (AvgIpc) is 2.68. The number of nitrogens with one attached hydrogen (secondary N) is 2. The van der Waals surface area contributed by atoms with Crippen molar-refractivity contribution in [1.82, 2.24) is 15.5 Å². The molecule has 28 heavy (non-hydrogen) atoms. The molecule has 4 rings (SSSR count). The van der Waals surface area contributed by atoms with Gasteiger partial charge in [-0.25, -0.2) is 0 Å². The quantitative estimate of drug-likeness (QED) is 0.468. The molecule has 0 saturated carbocycles. The Kier molecular flexibility index (Phi) is 6.08. The van der Waals surface area contributed by atoms with Crippen molar-refractivity contribution in [2.45, 2.75) is 18.9 Å². The highest BCUT2D eigenvalue weighted by molar-refractivity contribution is 9.10. The van der Waals surface area contributed by atoms with E-state index < -0.39 is 0 Å². The van der Waals surface area contributed by atoms with Crippen molar-refractivity contribution in [3.05, 3.63) is 57.6 Å². The second-order valence-corrected chi connectivity index (χ2v) is 9.01. The lowest BCUT2D eigenvalue weighted by molar-refractivity contribution is 0.466. The molecule has 0 atom stereocenters. The Bertz CT molecular complexity index is 1000. The Morgan fingerprint density at radius 2 is 1.86 bits per heavy atom. The number of fused-ring (bicyclic) bond motifs is 1. The first kappa shape index (κ1) is 19.5. The van der Waals surface area contributed by atoms with Crippen molar-refractivity contribution in [1.29, 1.82) is 0 Å². The normalized spacial score (nSPS) is 14.9. The number of rotatable bonds is 3. The second-order valence-electron chi connectivity index (χ2n) is 6.77. The lowest BCUT2D eigenvalue weighted by atomic mass is 10.0. The maximum atomic E-state index is 5.48. The van der Waals surface area contributed by atoms with E-state index in [9.17, 15) is 0 Å². The number of piperidine rings is 1. The van der Waals surface area contributed by atoms with Gasteiger partial charge >= 0.3 is 0 Å². The molecule has 0 spiro atoms. The van der Waals surface area contributed by atoms with Gasteiger partial charge in [-0.2, -0.15) is 5.10 Å². The Hall–Kier alpha value is -1.77. The number of hydrogen-bond acceptors (Lipinski definition) is 4. The molecule has 2 heterocycles. The van der Waals surface area contributed by atoms with Gasteiger partial charge in [0.1, 0.15) is 0 Å². The number of thiocarbonyl (C=S) groups is 1. The smallest absolute Gasteiger partial charge is 0.170 e. The number of aromatic nitrogens is 2. The van der Waals surface area contributed by atoms with Crippen LogP contribution in [0.15, 0.2) is 57.6 Å². The second kappa shape index (κ2) is 8.71. The van der Waals surface area contributed by atoms with Crippen molar-refractivity contribution < 1.29 is 0 Å². The average molecular weight is 521 g/mol. The molecule has 0 aliphatic carbocycles. The van der Waals surface area contributed by atoms with Gasteiger partial charge in [-0.05, 0) is 55.4 Å². The summed E-state index contributed by atoms with van der Waals surface area (Å²) < 4.78 is 2.08. The van der Waals surface area contributed by atoms with E-state index in [-0.39, 0.29) is 0 Å². The molecular weight excluding hydrogens is 502 g/mol. The zero-order valence-corrected chi connectivity index (χ0v) is 19.0. The molecule has 1 aliphatic rings. The molecule has 0 radical (unpaired) electrons. The summed E-state index contributed by atoms with van der Waals surface area (Å²) in [4.78, 5) is 2.31. The summed E-state index contributed by atoms with van der Waals surface area (Å²) in [6.45, 7) is 1.83. The van der Waals surface area contributed by atoms with Crippen molar-refractivity contribution >= 4 is 71.5 Å². The molecule has 144 valence electrons. The highest BCUT2D eigenvalue weighted by atomic mass is 79.9. The summed E-state index contributed by atoms with van der Waals surface area (Å²) in [5.41, 5.74) is 0.973. The van der Waals surface area contributed by atoms with Crippen molar-refractivity contribution in [3.8, 4) is 0 Å². The minimum Gasteiger partial charge on any atom is -0.360 e. The van der Waals surface area contributed by atoms with Crippen LogP contribution in [0.4, 0.5) is 11.5 Å². The first-order valence-electron chi connectivity index (χ1n) is 9.07. The molecule has 2 N–H and O–H groups in total. The van der Waals surface area contributed by atoms with E-state index in [4.69, 9.17) is 12.2 Å². The summed E-state index contributed by atoms with van der Waals surface area (Å²) in [7, 11) is 0. The molecular formula is C20H19Br2N5S. The lowest BCUT2D eigenvalue weighted by Gasteiger charge is -2.34. The number of hydrogen-bond donors (Lipinski definition) is 2. The molecule has 3 aromatic rings. The number of nitrogens with zero attached hydrogens (tertiary/aromatic N) is 3. The van der Waals surface area contributed by atoms with E-state index in [0.29, 0.717) is 11.2 Å². The molecule has 0 amide bonds. The third-order valence-corrected chi connectivity index (χ3v) is 6.02. The topological polar surface area (TPSA) is 53.1 Å². The number of halogens is 2. The van der Waals surface area contributed by atoms with E-state index in [0.717, 1.165) is 57.2 Å². The third kappa shape index (κ3) is 4.61. The largest absolute Gasteiger partial charge is 0.360 e. The van der Waals surface area contributed by atoms with Crippen LogP contribution < -0.4 is 15.5 Å².